The molecule has 5 nitrogen and oxygen atoms in total. The van der Waals surface area contributed by atoms with Crippen molar-refractivity contribution >= 4 is 0 Å². The number of nitrogens with zero attached hydrogens (tertiary/aromatic N) is 3. The molecule has 2 fully saturated rings. The summed E-state index contributed by atoms with van der Waals surface area (Å²) in [5, 5.41) is 3.88. The smallest absolute Gasteiger partial charge is 0.223 e. The minimum Gasteiger partial charge on any atom is -0.378 e. The molecule has 1 aromatic rings. The van der Waals surface area contributed by atoms with Crippen LogP contribution in [0.2, 0.25) is 0 Å². The van der Waals surface area contributed by atoms with Crippen molar-refractivity contribution in [1.29, 1.82) is 0 Å². The molecule has 0 bridgehead atoms. The van der Waals surface area contributed by atoms with Crippen LogP contribution >= 0.6 is 0 Å². The Morgan fingerprint density at radius 1 is 1.26 bits per heavy atom. The largest absolute Gasteiger partial charge is 0.378 e. The number of hydrogen-bond donors (Lipinski definition) is 0. The van der Waals surface area contributed by atoms with Gasteiger partial charge in [0.15, 0.2) is 5.82 Å². The van der Waals surface area contributed by atoms with Crippen LogP contribution in [0.25, 0.3) is 0 Å². The van der Waals surface area contributed by atoms with Gasteiger partial charge in [-0.2, -0.15) is 4.98 Å². The second kappa shape index (κ2) is 6.01. The monoisotopic (exact) mass is 265 g/mol. The van der Waals surface area contributed by atoms with Crippen molar-refractivity contribution in [3.8, 4) is 0 Å². The highest BCUT2D eigenvalue weighted by atomic mass is 16.5. The van der Waals surface area contributed by atoms with Crippen LogP contribution in [-0.2, 0) is 11.2 Å². The number of aryl methyl sites for hydroxylation is 1. The van der Waals surface area contributed by atoms with Crippen molar-refractivity contribution in [2.45, 2.75) is 45.1 Å². The number of likely N-dealkylation sites (tertiary alicyclic amines) is 1. The van der Waals surface area contributed by atoms with E-state index in [0.29, 0.717) is 18.6 Å². The highest BCUT2D eigenvalue weighted by molar-refractivity contribution is 4.84. The molecule has 19 heavy (non-hydrogen) atoms. The topological polar surface area (TPSA) is 51.4 Å². The Kier molecular flexibility index (Phi) is 4.13. The molecule has 2 aliphatic rings. The maximum Gasteiger partial charge on any atom is 0.223 e. The molecule has 3 rings (SSSR count). The normalized spacial score (nSPS) is 21.9. The van der Waals surface area contributed by atoms with E-state index in [1.807, 2.05) is 6.92 Å². The van der Waals surface area contributed by atoms with Gasteiger partial charge in [0.25, 0.3) is 0 Å². The van der Waals surface area contributed by atoms with E-state index >= 15 is 0 Å². The van der Waals surface area contributed by atoms with Gasteiger partial charge in [0.1, 0.15) is 0 Å². The predicted octanol–water partition coefficient (Wildman–Crippen LogP) is 1.81. The fraction of sp³-hybridized carbons (Fsp3) is 0.857. The molecule has 1 aromatic heterocycles. The number of rotatable bonds is 6. The van der Waals surface area contributed by atoms with Crippen molar-refractivity contribution < 1.29 is 9.26 Å². The van der Waals surface area contributed by atoms with Crippen molar-refractivity contribution in [1.82, 2.24) is 15.0 Å². The molecular formula is C14H23N3O2. The van der Waals surface area contributed by atoms with Crippen molar-refractivity contribution in [3.05, 3.63) is 11.7 Å². The van der Waals surface area contributed by atoms with Gasteiger partial charge in [0.05, 0.1) is 12.7 Å². The lowest BCUT2D eigenvalue weighted by atomic mass is 10.1. The van der Waals surface area contributed by atoms with E-state index < -0.39 is 0 Å². The third-order valence-electron chi connectivity index (χ3n) is 4.00. The van der Waals surface area contributed by atoms with Gasteiger partial charge >= 0.3 is 0 Å². The lowest BCUT2D eigenvalue weighted by molar-refractivity contribution is 0.00757. The molecule has 0 spiro atoms. The molecule has 0 N–H and O–H groups in total. The van der Waals surface area contributed by atoms with Crippen molar-refractivity contribution in [2.24, 2.45) is 5.92 Å². The minimum absolute atomic E-state index is 0.420. The van der Waals surface area contributed by atoms with Gasteiger partial charge in [-0.05, 0) is 31.6 Å². The first kappa shape index (κ1) is 13.1. The molecule has 1 aliphatic heterocycles. The lowest BCUT2D eigenvalue weighted by Gasteiger charge is -2.31. The van der Waals surface area contributed by atoms with E-state index in [9.17, 15) is 0 Å². The first-order chi connectivity index (χ1) is 9.29. The van der Waals surface area contributed by atoms with E-state index in [2.05, 4.69) is 15.0 Å². The summed E-state index contributed by atoms with van der Waals surface area (Å²) in [5.41, 5.74) is 0. The summed E-state index contributed by atoms with van der Waals surface area (Å²) in [6, 6.07) is 0. The molecule has 5 heteroatoms. The fourth-order valence-corrected chi connectivity index (χ4v) is 2.68. The van der Waals surface area contributed by atoms with Crippen LogP contribution in [0.5, 0.6) is 0 Å². The maximum atomic E-state index is 5.92. The fourth-order valence-electron chi connectivity index (χ4n) is 2.68. The van der Waals surface area contributed by atoms with Gasteiger partial charge in [-0.3, -0.25) is 0 Å². The maximum absolute atomic E-state index is 5.92. The Morgan fingerprint density at radius 3 is 2.68 bits per heavy atom. The van der Waals surface area contributed by atoms with Gasteiger partial charge in [-0.15, -0.1) is 0 Å². The molecule has 1 saturated carbocycles. The summed E-state index contributed by atoms with van der Waals surface area (Å²) in [6.45, 7) is 6.22. The van der Waals surface area contributed by atoms with E-state index in [0.717, 1.165) is 31.0 Å². The summed E-state index contributed by atoms with van der Waals surface area (Å²) in [7, 11) is 0. The predicted molar refractivity (Wildman–Crippen MR) is 70.9 cm³/mol. The highest BCUT2D eigenvalue weighted by Crippen LogP contribution is 2.30. The zero-order valence-corrected chi connectivity index (χ0v) is 11.7. The highest BCUT2D eigenvalue weighted by Gasteiger charge is 2.27. The van der Waals surface area contributed by atoms with Gasteiger partial charge in [0.2, 0.25) is 5.89 Å². The van der Waals surface area contributed by atoms with E-state index in [-0.39, 0.29) is 0 Å². The van der Waals surface area contributed by atoms with Crippen LogP contribution in [0.1, 0.15) is 37.4 Å². The number of ether oxygens (including phenoxy) is 1. The molecule has 2 heterocycles. The van der Waals surface area contributed by atoms with Gasteiger partial charge in [-0.25, -0.2) is 0 Å². The summed E-state index contributed by atoms with van der Waals surface area (Å²) in [6.07, 6.45) is 6.39. The quantitative estimate of drug-likeness (QED) is 0.785. The third kappa shape index (κ3) is 4.01. The first-order valence-corrected chi connectivity index (χ1v) is 7.43. The van der Waals surface area contributed by atoms with E-state index in [1.165, 1.54) is 32.5 Å². The molecule has 1 saturated heterocycles. The van der Waals surface area contributed by atoms with Crippen LogP contribution < -0.4 is 0 Å². The first-order valence-electron chi connectivity index (χ1n) is 7.43. The average Bonchev–Trinajstić information content (AvgIpc) is 3.13. The molecule has 1 aliphatic carbocycles. The summed E-state index contributed by atoms with van der Waals surface area (Å²) in [4.78, 5) is 6.78. The zero-order chi connectivity index (χ0) is 13.1. The minimum atomic E-state index is 0.420. The molecule has 0 amide bonds. The van der Waals surface area contributed by atoms with E-state index in [1.54, 1.807) is 0 Å². The Balaban J connectivity index is 1.31. The lowest BCUT2D eigenvalue weighted by Crippen LogP contribution is -2.38. The van der Waals surface area contributed by atoms with Crippen molar-refractivity contribution in [3.63, 3.8) is 0 Å². The Bertz CT molecular complexity index is 395. The summed E-state index contributed by atoms with van der Waals surface area (Å²) >= 11 is 0. The summed E-state index contributed by atoms with van der Waals surface area (Å²) < 4.78 is 10.9. The molecule has 0 atom stereocenters. The van der Waals surface area contributed by atoms with Crippen LogP contribution in [0, 0.1) is 12.8 Å². The van der Waals surface area contributed by atoms with Crippen LogP contribution in [0.4, 0.5) is 0 Å². The third-order valence-corrected chi connectivity index (χ3v) is 4.00. The molecular weight excluding hydrogens is 242 g/mol. The zero-order valence-electron chi connectivity index (χ0n) is 11.7. The van der Waals surface area contributed by atoms with Crippen LogP contribution in [0.15, 0.2) is 4.52 Å². The summed E-state index contributed by atoms with van der Waals surface area (Å²) in [5.74, 6) is 2.38. The number of aromatic nitrogens is 2. The average molecular weight is 265 g/mol. The molecule has 106 valence electrons. The van der Waals surface area contributed by atoms with E-state index in [4.69, 9.17) is 9.26 Å². The standard InChI is InChI=1S/C14H23N3O2/c1-11-15-14(16-19-11)6-9-18-13-4-7-17(8-5-13)10-12-2-3-12/h12-13H,2-10H2,1H3. The molecule has 0 radical (unpaired) electrons. The second-order valence-corrected chi connectivity index (χ2v) is 5.79. The molecule has 0 aromatic carbocycles. The number of piperidine rings is 1. The van der Waals surface area contributed by atoms with Crippen molar-refractivity contribution in [2.75, 3.05) is 26.2 Å². The SMILES string of the molecule is Cc1nc(CCOC2CCN(CC3CC3)CC2)no1. The Labute approximate surface area is 114 Å². The van der Waals surface area contributed by atoms with Gasteiger partial charge in [-0.1, -0.05) is 5.16 Å². The Morgan fingerprint density at radius 2 is 2.05 bits per heavy atom. The Hall–Kier alpha value is -0.940. The molecule has 0 unspecified atom stereocenters. The van der Waals surface area contributed by atoms with Gasteiger partial charge < -0.3 is 14.2 Å². The van der Waals surface area contributed by atoms with Gasteiger partial charge in [0, 0.05) is 33.0 Å². The second-order valence-electron chi connectivity index (χ2n) is 5.79. The van der Waals surface area contributed by atoms with Crippen LogP contribution in [0.3, 0.4) is 0 Å². The van der Waals surface area contributed by atoms with Crippen LogP contribution in [-0.4, -0.2) is 47.4 Å². The number of hydrogen-bond acceptors (Lipinski definition) is 5.